The smallest absolute Gasteiger partial charge is 0.227 e. The first-order valence-electron chi connectivity index (χ1n) is 8.33. The highest BCUT2D eigenvalue weighted by Crippen LogP contribution is 2.23. The Balaban J connectivity index is 1.65. The van der Waals surface area contributed by atoms with Gasteiger partial charge < -0.3 is 4.90 Å². The van der Waals surface area contributed by atoms with Gasteiger partial charge in [0.05, 0.1) is 17.4 Å². The van der Waals surface area contributed by atoms with Crippen molar-refractivity contribution in [3.8, 4) is 0 Å². The second kappa shape index (κ2) is 6.55. The Labute approximate surface area is 143 Å². The first-order chi connectivity index (χ1) is 11.4. The number of amides is 1. The minimum atomic E-state index is -3.09. The van der Waals surface area contributed by atoms with Gasteiger partial charge in [-0.25, -0.2) is 8.42 Å². The fraction of sp³-hybridized carbons (Fsp3) is 0.421. The van der Waals surface area contributed by atoms with Crippen LogP contribution in [-0.2, 0) is 21.1 Å². The zero-order chi connectivity index (χ0) is 17.3. The number of sulfone groups is 1. The normalized spacial score (nSPS) is 15.7. The second-order valence-corrected chi connectivity index (χ2v) is 9.28. The van der Waals surface area contributed by atoms with Gasteiger partial charge in [0.1, 0.15) is 0 Å². The summed E-state index contributed by atoms with van der Waals surface area (Å²) in [7, 11) is -3.09. The van der Waals surface area contributed by atoms with E-state index in [-0.39, 0.29) is 17.6 Å². The summed E-state index contributed by atoms with van der Waals surface area (Å²) in [6.45, 7) is 4.47. The number of rotatable bonds is 5. The van der Waals surface area contributed by atoms with E-state index in [1.165, 1.54) is 0 Å². The molecule has 0 bridgehead atoms. The molecule has 0 atom stereocenters. The Morgan fingerprint density at radius 1 is 1.12 bits per heavy atom. The fourth-order valence-corrected chi connectivity index (χ4v) is 5.21. The van der Waals surface area contributed by atoms with Gasteiger partial charge in [0.15, 0.2) is 9.84 Å². The molecule has 1 aliphatic rings. The molecule has 0 N–H and O–H groups in total. The number of nitrogens with zero attached hydrogens (tertiary/aromatic N) is 1. The van der Waals surface area contributed by atoms with Crippen molar-refractivity contribution in [3.05, 3.63) is 48.0 Å². The highest BCUT2D eigenvalue weighted by Gasteiger charge is 2.39. The number of likely N-dealkylation sites (tertiary alicyclic amines) is 1. The number of hydrogen-bond donors (Lipinski definition) is 0. The molecule has 3 rings (SSSR count). The van der Waals surface area contributed by atoms with Crippen LogP contribution in [0.25, 0.3) is 10.8 Å². The highest BCUT2D eigenvalue weighted by molar-refractivity contribution is 7.92. The molecular formula is C19H23NO3S. The molecule has 1 aliphatic heterocycles. The molecule has 24 heavy (non-hydrogen) atoms. The van der Waals surface area contributed by atoms with Gasteiger partial charge in [-0.05, 0) is 22.3 Å². The summed E-state index contributed by atoms with van der Waals surface area (Å²) in [4.78, 5) is 14.1. The van der Waals surface area contributed by atoms with Crippen LogP contribution >= 0.6 is 0 Å². The highest BCUT2D eigenvalue weighted by atomic mass is 32.2. The molecule has 1 heterocycles. The summed E-state index contributed by atoms with van der Waals surface area (Å²) in [5.41, 5.74) is 0.992. The SMILES string of the molecule is CC(C)CS(=O)(=O)C1CN(C(=O)Cc2cccc3ccccc23)C1. The van der Waals surface area contributed by atoms with Crippen LogP contribution in [0.4, 0.5) is 0 Å². The lowest BCUT2D eigenvalue weighted by Gasteiger charge is -2.39. The van der Waals surface area contributed by atoms with E-state index in [0.717, 1.165) is 16.3 Å². The molecule has 4 nitrogen and oxygen atoms in total. The third-order valence-electron chi connectivity index (χ3n) is 4.50. The van der Waals surface area contributed by atoms with Crippen LogP contribution < -0.4 is 0 Å². The number of benzene rings is 2. The Bertz CT molecular complexity index is 847. The summed E-state index contributed by atoms with van der Waals surface area (Å²) in [5, 5.41) is 1.80. The molecule has 0 unspecified atom stereocenters. The van der Waals surface area contributed by atoms with Gasteiger partial charge in [-0.3, -0.25) is 4.79 Å². The van der Waals surface area contributed by atoms with E-state index in [1.54, 1.807) is 4.90 Å². The Hall–Kier alpha value is -1.88. The summed E-state index contributed by atoms with van der Waals surface area (Å²) < 4.78 is 24.4. The van der Waals surface area contributed by atoms with Gasteiger partial charge >= 0.3 is 0 Å². The zero-order valence-electron chi connectivity index (χ0n) is 14.1. The quantitative estimate of drug-likeness (QED) is 0.837. The van der Waals surface area contributed by atoms with Gasteiger partial charge in [0, 0.05) is 13.1 Å². The average Bonchev–Trinajstić information content (AvgIpc) is 2.44. The fourth-order valence-electron chi connectivity index (χ4n) is 3.19. The maximum atomic E-state index is 12.5. The van der Waals surface area contributed by atoms with Gasteiger partial charge in [0.2, 0.25) is 5.91 Å². The summed E-state index contributed by atoms with van der Waals surface area (Å²) in [5.74, 6) is 0.320. The number of carbonyl (C=O) groups excluding carboxylic acids is 1. The van der Waals surface area contributed by atoms with Crippen LogP contribution in [0, 0.1) is 5.92 Å². The van der Waals surface area contributed by atoms with Gasteiger partial charge in [-0.2, -0.15) is 0 Å². The van der Waals surface area contributed by atoms with Crippen molar-refractivity contribution < 1.29 is 13.2 Å². The van der Waals surface area contributed by atoms with E-state index in [2.05, 4.69) is 0 Å². The predicted octanol–water partition coefficient (Wildman–Crippen LogP) is 2.66. The Morgan fingerprint density at radius 2 is 1.79 bits per heavy atom. The van der Waals surface area contributed by atoms with Crippen molar-refractivity contribution in [1.29, 1.82) is 0 Å². The number of hydrogen-bond acceptors (Lipinski definition) is 3. The third-order valence-corrected chi connectivity index (χ3v) is 6.94. The van der Waals surface area contributed by atoms with E-state index >= 15 is 0 Å². The zero-order valence-corrected chi connectivity index (χ0v) is 14.9. The van der Waals surface area contributed by atoms with Crippen molar-refractivity contribution in [1.82, 2.24) is 4.90 Å². The molecule has 0 spiro atoms. The van der Waals surface area contributed by atoms with Crippen LogP contribution in [-0.4, -0.2) is 43.3 Å². The minimum Gasteiger partial charge on any atom is -0.340 e. The molecule has 2 aromatic rings. The largest absolute Gasteiger partial charge is 0.340 e. The predicted molar refractivity (Wildman–Crippen MR) is 96.6 cm³/mol. The van der Waals surface area contributed by atoms with E-state index in [9.17, 15) is 13.2 Å². The van der Waals surface area contributed by atoms with Crippen molar-refractivity contribution >= 4 is 26.5 Å². The van der Waals surface area contributed by atoms with Gasteiger partial charge in [-0.15, -0.1) is 0 Å². The van der Waals surface area contributed by atoms with Gasteiger partial charge in [0.25, 0.3) is 0 Å². The first kappa shape index (κ1) is 17.0. The van der Waals surface area contributed by atoms with Crippen molar-refractivity contribution in [2.45, 2.75) is 25.5 Å². The molecular weight excluding hydrogens is 322 g/mol. The summed E-state index contributed by atoms with van der Waals surface area (Å²) in [6, 6.07) is 13.9. The molecule has 0 aliphatic carbocycles. The van der Waals surface area contributed by atoms with Crippen molar-refractivity contribution in [2.24, 2.45) is 5.92 Å². The molecule has 1 fully saturated rings. The van der Waals surface area contributed by atoms with Crippen LogP contribution in [0.15, 0.2) is 42.5 Å². The molecule has 0 radical (unpaired) electrons. The van der Waals surface area contributed by atoms with E-state index < -0.39 is 15.1 Å². The van der Waals surface area contributed by atoms with Crippen molar-refractivity contribution in [2.75, 3.05) is 18.8 Å². The topological polar surface area (TPSA) is 54.5 Å². The van der Waals surface area contributed by atoms with E-state index in [0.29, 0.717) is 19.5 Å². The molecule has 128 valence electrons. The Kier molecular flexibility index (Phi) is 4.63. The van der Waals surface area contributed by atoms with Crippen LogP contribution in [0.2, 0.25) is 0 Å². The maximum absolute atomic E-state index is 12.5. The third kappa shape index (κ3) is 3.46. The van der Waals surface area contributed by atoms with Gasteiger partial charge in [-0.1, -0.05) is 56.3 Å². The lowest BCUT2D eigenvalue weighted by Crippen LogP contribution is -2.58. The first-order valence-corrected chi connectivity index (χ1v) is 10.0. The molecule has 1 saturated heterocycles. The lowest BCUT2D eigenvalue weighted by molar-refractivity contribution is -0.133. The lowest BCUT2D eigenvalue weighted by atomic mass is 10.0. The second-order valence-electron chi connectivity index (χ2n) is 6.96. The minimum absolute atomic E-state index is 0.00218. The molecule has 5 heteroatoms. The summed E-state index contributed by atoms with van der Waals surface area (Å²) in [6.07, 6.45) is 0.318. The standard InChI is InChI=1S/C19H23NO3S/c1-14(2)13-24(22,23)17-11-20(12-17)19(21)10-16-8-5-7-15-6-3-4-9-18(15)16/h3-9,14,17H,10-13H2,1-2H3. The van der Waals surface area contributed by atoms with Crippen LogP contribution in [0.5, 0.6) is 0 Å². The number of fused-ring (bicyclic) bond motifs is 1. The van der Waals surface area contributed by atoms with Crippen molar-refractivity contribution in [3.63, 3.8) is 0 Å². The van der Waals surface area contributed by atoms with E-state index in [1.807, 2.05) is 56.3 Å². The number of carbonyl (C=O) groups is 1. The molecule has 2 aromatic carbocycles. The molecule has 0 aromatic heterocycles. The Morgan fingerprint density at radius 3 is 2.50 bits per heavy atom. The monoisotopic (exact) mass is 345 g/mol. The maximum Gasteiger partial charge on any atom is 0.227 e. The molecule has 1 amide bonds. The van der Waals surface area contributed by atoms with E-state index in [4.69, 9.17) is 0 Å². The van der Waals surface area contributed by atoms with Crippen LogP contribution in [0.1, 0.15) is 19.4 Å². The average molecular weight is 345 g/mol. The molecule has 0 saturated carbocycles. The summed E-state index contributed by atoms with van der Waals surface area (Å²) >= 11 is 0. The van der Waals surface area contributed by atoms with Crippen LogP contribution in [0.3, 0.4) is 0 Å².